The Morgan fingerprint density at radius 2 is 1.04 bits per heavy atom. The molecule has 1 nitrogen and oxygen atoms in total. The number of nitrogens with zero attached hydrogens (tertiary/aromatic N) is 1. The van der Waals surface area contributed by atoms with Crippen LogP contribution in [0.1, 0.15) is 37.2 Å². The second-order valence-electron chi connectivity index (χ2n) is 7.25. The Bertz CT molecular complexity index is 839. The number of hydrogen-bond acceptors (Lipinski definition) is 1. The van der Waals surface area contributed by atoms with E-state index < -0.39 is 0 Å². The molecule has 0 radical (unpaired) electrons. The summed E-state index contributed by atoms with van der Waals surface area (Å²) >= 11 is 0. The largest absolute Gasteiger partial charge is 0.298 e. The lowest BCUT2D eigenvalue weighted by Crippen LogP contribution is -2.15. The third-order valence-electron chi connectivity index (χ3n) is 5.66. The van der Waals surface area contributed by atoms with Gasteiger partial charge in [-0.25, -0.2) is 0 Å². The Hall–Kier alpha value is -2.67. The normalized spacial score (nSPS) is 19.8. The van der Waals surface area contributed by atoms with Crippen LogP contribution in [0.25, 0.3) is 22.3 Å². The highest BCUT2D eigenvalue weighted by atomic mass is 14.7. The van der Waals surface area contributed by atoms with Crippen LogP contribution in [0, 0.1) is 0 Å². The van der Waals surface area contributed by atoms with Crippen molar-refractivity contribution in [3.8, 4) is 22.3 Å². The van der Waals surface area contributed by atoms with Gasteiger partial charge in [0.05, 0.1) is 0 Å². The molecule has 1 aliphatic carbocycles. The average molecular weight is 339 g/mol. The molecular weight excluding hydrogens is 314 g/mol. The van der Waals surface area contributed by atoms with Crippen LogP contribution in [0.15, 0.2) is 83.9 Å². The van der Waals surface area contributed by atoms with Crippen LogP contribution in [0.2, 0.25) is 0 Å². The van der Waals surface area contributed by atoms with Gasteiger partial charge in [0, 0.05) is 6.04 Å². The van der Waals surface area contributed by atoms with E-state index in [2.05, 4.69) is 90.6 Å². The van der Waals surface area contributed by atoms with E-state index in [-0.39, 0.29) is 0 Å². The first-order chi connectivity index (χ1) is 12.8. The highest BCUT2D eigenvalue weighted by Gasteiger charge is 2.21. The van der Waals surface area contributed by atoms with Crippen LogP contribution in [0.5, 0.6) is 0 Å². The van der Waals surface area contributed by atoms with Crippen molar-refractivity contribution >= 4 is 6.72 Å². The highest BCUT2D eigenvalue weighted by Crippen LogP contribution is 2.35. The summed E-state index contributed by atoms with van der Waals surface area (Å²) in [6.45, 7) is 3.70. The Morgan fingerprint density at radius 1 is 0.577 bits per heavy atom. The van der Waals surface area contributed by atoms with Crippen molar-refractivity contribution in [2.45, 2.75) is 37.6 Å². The van der Waals surface area contributed by atoms with E-state index in [0.29, 0.717) is 12.0 Å². The molecule has 26 heavy (non-hydrogen) atoms. The van der Waals surface area contributed by atoms with E-state index in [9.17, 15) is 0 Å². The van der Waals surface area contributed by atoms with Crippen molar-refractivity contribution in [1.29, 1.82) is 0 Å². The lowest BCUT2D eigenvalue weighted by Gasteiger charge is -2.26. The van der Waals surface area contributed by atoms with Gasteiger partial charge >= 0.3 is 0 Å². The van der Waals surface area contributed by atoms with Gasteiger partial charge in [-0.3, -0.25) is 4.99 Å². The number of rotatable bonds is 4. The minimum absolute atomic E-state index is 0.480. The first-order valence-electron chi connectivity index (χ1n) is 9.55. The van der Waals surface area contributed by atoms with Crippen molar-refractivity contribution in [3.05, 3.63) is 84.4 Å². The third kappa shape index (κ3) is 3.62. The molecule has 4 rings (SSSR count). The molecule has 0 bridgehead atoms. The summed E-state index contributed by atoms with van der Waals surface area (Å²) < 4.78 is 0. The molecule has 0 aromatic heterocycles. The molecule has 0 N–H and O–H groups in total. The summed E-state index contributed by atoms with van der Waals surface area (Å²) in [6.07, 6.45) is 4.82. The zero-order valence-electron chi connectivity index (χ0n) is 15.1. The zero-order chi connectivity index (χ0) is 17.8. The minimum atomic E-state index is 0.480. The summed E-state index contributed by atoms with van der Waals surface area (Å²) in [7, 11) is 0. The van der Waals surface area contributed by atoms with Crippen molar-refractivity contribution in [3.63, 3.8) is 0 Å². The SMILES string of the molecule is C=NC1CCC(c2ccc(-c3ccc(-c4ccccc4)cc3)cc2)CC1. The van der Waals surface area contributed by atoms with Crippen LogP contribution in [0.3, 0.4) is 0 Å². The van der Waals surface area contributed by atoms with Gasteiger partial charge < -0.3 is 0 Å². The van der Waals surface area contributed by atoms with Gasteiger partial charge in [0.15, 0.2) is 0 Å². The molecule has 0 saturated heterocycles. The summed E-state index contributed by atoms with van der Waals surface area (Å²) in [5, 5.41) is 0. The van der Waals surface area contributed by atoms with Gasteiger partial charge in [-0.1, -0.05) is 78.9 Å². The number of benzene rings is 3. The van der Waals surface area contributed by atoms with Crippen LogP contribution in [-0.4, -0.2) is 12.8 Å². The van der Waals surface area contributed by atoms with Crippen LogP contribution >= 0.6 is 0 Å². The van der Waals surface area contributed by atoms with Crippen LogP contribution in [0.4, 0.5) is 0 Å². The second-order valence-corrected chi connectivity index (χ2v) is 7.25. The molecule has 130 valence electrons. The molecule has 3 aromatic carbocycles. The van der Waals surface area contributed by atoms with Gasteiger partial charge in [0.1, 0.15) is 0 Å². The fourth-order valence-corrected chi connectivity index (χ4v) is 4.03. The molecule has 1 fully saturated rings. The van der Waals surface area contributed by atoms with Crippen LogP contribution in [-0.2, 0) is 0 Å². The maximum Gasteiger partial charge on any atom is 0.0492 e. The lowest BCUT2D eigenvalue weighted by atomic mass is 9.81. The molecule has 0 heterocycles. The zero-order valence-corrected chi connectivity index (χ0v) is 15.1. The van der Waals surface area contributed by atoms with Crippen molar-refractivity contribution in [2.75, 3.05) is 0 Å². The Morgan fingerprint density at radius 3 is 1.54 bits per heavy atom. The fraction of sp³-hybridized carbons (Fsp3) is 0.240. The molecule has 0 spiro atoms. The first-order valence-corrected chi connectivity index (χ1v) is 9.55. The predicted molar refractivity (Wildman–Crippen MR) is 112 cm³/mol. The van der Waals surface area contributed by atoms with Gasteiger partial charge in [0.2, 0.25) is 0 Å². The molecule has 1 heteroatoms. The molecular formula is C25H25N. The molecule has 0 aliphatic heterocycles. The first kappa shape index (κ1) is 16.8. The maximum atomic E-state index is 4.21. The van der Waals surface area contributed by atoms with E-state index in [1.54, 1.807) is 0 Å². The highest BCUT2D eigenvalue weighted by molar-refractivity contribution is 5.70. The summed E-state index contributed by atoms with van der Waals surface area (Å²) in [6, 6.07) is 29.0. The second kappa shape index (κ2) is 7.70. The molecule has 1 aliphatic rings. The Kier molecular flexibility index (Phi) is 4.97. The number of aliphatic imine (C=N–C) groups is 1. The molecule has 1 saturated carbocycles. The Balaban J connectivity index is 1.48. The van der Waals surface area contributed by atoms with E-state index >= 15 is 0 Å². The van der Waals surface area contributed by atoms with Crippen molar-refractivity contribution in [1.82, 2.24) is 0 Å². The van der Waals surface area contributed by atoms with Gasteiger partial charge in [0.25, 0.3) is 0 Å². The van der Waals surface area contributed by atoms with Gasteiger partial charge in [-0.05, 0) is 66.1 Å². The molecule has 0 unspecified atom stereocenters. The molecule has 0 atom stereocenters. The molecule has 0 amide bonds. The smallest absolute Gasteiger partial charge is 0.0492 e. The predicted octanol–water partition coefficient (Wildman–Crippen LogP) is 6.75. The molecule has 3 aromatic rings. The van der Waals surface area contributed by atoms with E-state index in [4.69, 9.17) is 0 Å². The van der Waals surface area contributed by atoms with E-state index in [0.717, 1.165) is 0 Å². The van der Waals surface area contributed by atoms with Gasteiger partial charge in [-0.2, -0.15) is 0 Å². The average Bonchev–Trinajstić information content (AvgIpc) is 2.75. The standard InChI is InChI=1S/C25H25N/c1-26-25-17-15-24(16-18-25)23-13-11-22(12-14-23)21-9-7-20(8-10-21)19-5-3-2-4-6-19/h2-14,24-25H,1,15-18H2. The minimum Gasteiger partial charge on any atom is -0.298 e. The van der Waals surface area contributed by atoms with Crippen molar-refractivity contribution < 1.29 is 0 Å². The van der Waals surface area contributed by atoms with Gasteiger partial charge in [-0.15, -0.1) is 0 Å². The summed E-state index contributed by atoms with van der Waals surface area (Å²) in [5.41, 5.74) is 6.56. The maximum absolute atomic E-state index is 4.21. The quantitative estimate of drug-likeness (QED) is 0.466. The third-order valence-corrected chi connectivity index (χ3v) is 5.66. The lowest BCUT2D eigenvalue weighted by molar-refractivity contribution is 0.398. The Labute approximate surface area is 156 Å². The summed E-state index contributed by atoms with van der Waals surface area (Å²) in [5.74, 6) is 0.683. The van der Waals surface area contributed by atoms with Crippen molar-refractivity contribution in [2.24, 2.45) is 4.99 Å². The monoisotopic (exact) mass is 339 g/mol. The van der Waals surface area contributed by atoms with E-state index in [1.807, 2.05) is 0 Å². The number of hydrogen-bond donors (Lipinski definition) is 0. The fourth-order valence-electron chi connectivity index (χ4n) is 4.03. The van der Waals surface area contributed by atoms with Crippen LogP contribution < -0.4 is 0 Å². The summed E-state index contributed by atoms with van der Waals surface area (Å²) in [4.78, 5) is 4.21. The van der Waals surface area contributed by atoms with E-state index in [1.165, 1.54) is 53.5 Å². The topological polar surface area (TPSA) is 12.4 Å².